The second kappa shape index (κ2) is 6.37. The molecule has 1 aromatic rings. The largest absolute Gasteiger partial charge is 0.469 e. The van der Waals surface area contributed by atoms with Gasteiger partial charge in [0.25, 0.3) is 0 Å². The third-order valence-electron chi connectivity index (χ3n) is 5.39. The molecule has 2 saturated heterocycles. The molecule has 3 rings (SSSR count). The van der Waals surface area contributed by atoms with Crippen molar-refractivity contribution in [2.45, 2.75) is 44.2 Å². The van der Waals surface area contributed by atoms with E-state index in [0.717, 1.165) is 19.3 Å². The van der Waals surface area contributed by atoms with Gasteiger partial charge in [-0.05, 0) is 31.7 Å². The standard InChI is InChI=1S/C18H24FNO2/c1-12-3-5-13(6-4-12)15-11-14-7-8-16(20(14)10-9-19)17(15)18(21)22-2/h3-6,14-17H,7-11H2,1-2H3/t14-,15+,16+,17?/m0/s1. The monoisotopic (exact) mass is 305 g/mol. The van der Waals surface area contributed by atoms with Gasteiger partial charge >= 0.3 is 5.97 Å². The fourth-order valence-electron chi connectivity index (χ4n) is 4.37. The van der Waals surface area contributed by atoms with E-state index < -0.39 is 0 Å². The Kier molecular flexibility index (Phi) is 4.48. The summed E-state index contributed by atoms with van der Waals surface area (Å²) in [6, 6.07) is 8.96. The Balaban J connectivity index is 1.92. The number of benzene rings is 1. The zero-order valence-corrected chi connectivity index (χ0v) is 13.3. The van der Waals surface area contributed by atoms with Crippen LogP contribution in [0.4, 0.5) is 4.39 Å². The first-order chi connectivity index (χ1) is 10.7. The third-order valence-corrected chi connectivity index (χ3v) is 5.39. The van der Waals surface area contributed by atoms with Crippen molar-refractivity contribution in [1.82, 2.24) is 4.90 Å². The van der Waals surface area contributed by atoms with E-state index in [2.05, 4.69) is 36.1 Å². The van der Waals surface area contributed by atoms with Gasteiger partial charge in [-0.1, -0.05) is 29.8 Å². The van der Waals surface area contributed by atoms with Gasteiger partial charge in [0.1, 0.15) is 6.67 Å². The van der Waals surface area contributed by atoms with Crippen molar-refractivity contribution in [3.63, 3.8) is 0 Å². The Labute approximate surface area is 131 Å². The van der Waals surface area contributed by atoms with Gasteiger partial charge in [0, 0.05) is 24.5 Å². The van der Waals surface area contributed by atoms with E-state index in [0.29, 0.717) is 12.6 Å². The molecule has 2 aliphatic rings. The van der Waals surface area contributed by atoms with Gasteiger partial charge in [-0.15, -0.1) is 0 Å². The number of fused-ring (bicyclic) bond motifs is 2. The minimum Gasteiger partial charge on any atom is -0.469 e. The topological polar surface area (TPSA) is 29.5 Å². The highest BCUT2D eigenvalue weighted by Gasteiger charge is 2.50. The van der Waals surface area contributed by atoms with Crippen molar-refractivity contribution in [2.75, 3.05) is 20.3 Å². The number of halogens is 1. The summed E-state index contributed by atoms with van der Waals surface area (Å²) in [5, 5.41) is 0. The predicted molar refractivity (Wildman–Crippen MR) is 83.5 cm³/mol. The SMILES string of the molecule is COC(=O)C1[C@@H](c2ccc(C)cc2)C[C@@H]2CC[C@H]1N2CCF. The molecule has 2 fully saturated rings. The van der Waals surface area contributed by atoms with Crippen molar-refractivity contribution in [3.8, 4) is 0 Å². The molecule has 0 N–H and O–H groups in total. The lowest BCUT2D eigenvalue weighted by Gasteiger charge is -2.43. The van der Waals surface area contributed by atoms with E-state index >= 15 is 0 Å². The highest BCUT2D eigenvalue weighted by molar-refractivity contribution is 5.75. The Morgan fingerprint density at radius 3 is 2.68 bits per heavy atom. The molecule has 0 radical (unpaired) electrons. The summed E-state index contributed by atoms with van der Waals surface area (Å²) >= 11 is 0. The van der Waals surface area contributed by atoms with Crippen LogP contribution in [0.25, 0.3) is 0 Å². The smallest absolute Gasteiger partial charge is 0.310 e. The molecule has 2 heterocycles. The Hall–Kier alpha value is -1.42. The molecule has 1 unspecified atom stereocenters. The number of alkyl halides is 1. The summed E-state index contributed by atoms with van der Waals surface area (Å²) in [6.45, 7) is 2.15. The molecule has 120 valence electrons. The number of carbonyl (C=O) groups is 1. The lowest BCUT2D eigenvalue weighted by Crippen LogP contribution is -2.51. The van der Waals surface area contributed by atoms with Gasteiger partial charge < -0.3 is 4.74 Å². The summed E-state index contributed by atoms with van der Waals surface area (Å²) in [4.78, 5) is 14.6. The van der Waals surface area contributed by atoms with Crippen LogP contribution >= 0.6 is 0 Å². The van der Waals surface area contributed by atoms with E-state index in [9.17, 15) is 9.18 Å². The molecule has 1 aromatic carbocycles. The zero-order valence-electron chi connectivity index (χ0n) is 13.3. The molecule has 0 saturated carbocycles. The van der Waals surface area contributed by atoms with Crippen LogP contribution in [0.5, 0.6) is 0 Å². The van der Waals surface area contributed by atoms with Crippen LogP contribution < -0.4 is 0 Å². The molecule has 0 spiro atoms. The van der Waals surface area contributed by atoms with Crippen molar-refractivity contribution in [1.29, 1.82) is 0 Å². The second-order valence-corrected chi connectivity index (χ2v) is 6.53. The maximum absolute atomic E-state index is 12.9. The number of methoxy groups -OCH3 is 1. The fraction of sp³-hybridized carbons (Fsp3) is 0.611. The maximum Gasteiger partial charge on any atom is 0.310 e. The summed E-state index contributed by atoms with van der Waals surface area (Å²) in [5.41, 5.74) is 2.43. The lowest BCUT2D eigenvalue weighted by molar-refractivity contribution is -0.150. The summed E-state index contributed by atoms with van der Waals surface area (Å²) in [7, 11) is 1.45. The first kappa shape index (κ1) is 15.5. The van der Waals surface area contributed by atoms with Gasteiger partial charge in [-0.3, -0.25) is 9.69 Å². The number of nitrogens with zero attached hydrogens (tertiary/aromatic N) is 1. The van der Waals surface area contributed by atoms with Gasteiger partial charge in [-0.25, -0.2) is 4.39 Å². The quantitative estimate of drug-likeness (QED) is 0.801. The van der Waals surface area contributed by atoms with Crippen molar-refractivity contribution in [3.05, 3.63) is 35.4 Å². The van der Waals surface area contributed by atoms with Gasteiger partial charge in [0.05, 0.1) is 13.0 Å². The van der Waals surface area contributed by atoms with Gasteiger partial charge in [-0.2, -0.15) is 0 Å². The number of carbonyl (C=O) groups excluding carboxylic acids is 1. The average molecular weight is 305 g/mol. The number of rotatable bonds is 4. The third kappa shape index (κ3) is 2.65. The van der Waals surface area contributed by atoms with E-state index in [-0.39, 0.29) is 30.5 Å². The van der Waals surface area contributed by atoms with Gasteiger partial charge in [0.15, 0.2) is 0 Å². The normalized spacial score (nSPS) is 31.2. The number of piperidine rings is 1. The highest BCUT2D eigenvalue weighted by atomic mass is 19.1. The first-order valence-electron chi connectivity index (χ1n) is 8.11. The van der Waals surface area contributed by atoms with Crippen molar-refractivity contribution >= 4 is 5.97 Å². The van der Waals surface area contributed by atoms with Crippen LogP contribution in [0.2, 0.25) is 0 Å². The lowest BCUT2D eigenvalue weighted by atomic mass is 9.76. The molecular formula is C18H24FNO2. The Morgan fingerprint density at radius 2 is 2.05 bits per heavy atom. The molecule has 4 heteroatoms. The molecule has 0 amide bonds. The van der Waals surface area contributed by atoms with E-state index in [1.807, 2.05) is 0 Å². The minimum absolute atomic E-state index is 0.119. The molecule has 3 nitrogen and oxygen atoms in total. The van der Waals surface area contributed by atoms with Gasteiger partial charge in [0.2, 0.25) is 0 Å². The van der Waals surface area contributed by atoms with Crippen LogP contribution in [0.3, 0.4) is 0 Å². The molecule has 22 heavy (non-hydrogen) atoms. The van der Waals surface area contributed by atoms with E-state index in [4.69, 9.17) is 4.74 Å². The number of hydrogen-bond acceptors (Lipinski definition) is 3. The molecule has 4 atom stereocenters. The number of ether oxygens (including phenoxy) is 1. The van der Waals surface area contributed by atoms with Crippen LogP contribution in [-0.4, -0.2) is 43.3 Å². The second-order valence-electron chi connectivity index (χ2n) is 6.53. The fourth-order valence-corrected chi connectivity index (χ4v) is 4.37. The van der Waals surface area contributed by atoms with E-state index in [1.165, 1.54) is 18.2 Å². The summed E-state index contributed by atoms with van der Waals surface area (Å²) < 4.78 is 18.0. The molecule has 2 aliphatic heterocycles. The number of esters is 1. The molecule has 0 aliphatic carbocycles. The molecule has 2 bridgehead atoms. The van der Waals surface area contributed by atoms with Crippen LogP contribution in [-0.2, 0) is 9.53 Å². The van der Waals surface area contributed by atoms with Crippen LogP contribution in [0, 0.1) is 12.8 Å². The molecular weight excluding hydrogens is 281 g/mol. The van der Waals surface area contributed by atoms with E-state index in [1.54, 1.807) is 0 Å². The van der Waals surface area contributed by atoms with Crippen LogP contribution in [0.15, 0.2) is 24.3 Å². The zero-order chi connectivity index (χ0) is 15.7. The van der Waals surface area contributed by atoms with Crippen molar-refractivity contribution in [2.24, 2.45) is 5.92 Å². The minimum atomic E-state index is -0.351. The summed E-state index contributed by atoms with van der Waals surface area (Å²) in [5.74, 6) is -0.154. The average Bonchev–Trinajstić information content (AvgIpc) is 2.80. The predicted octanol–water partition coefficient (Wildman–Crippen LogP) is 3.07. The van der Waals surface area contributed by atoms with Crippen LogP contribution in [0.1, 0.15) is 36.3 Å². The Bertz CT molecular complexity index is 530. The summed E-state index contributed by atoms with van der Waals surface area (Å²) in [6.07, 6.45) is 2.94. The van der Waals surface area contributed by atoms with Crippen molar-refractivity contribution < 1.29 is 13.9 Å². The Morgan fingerprint density at radius 1 is 1.32 bits per heavy atom. The molecule has 0 aromatic heterocycles. The maximum atomic E-state index is 12.9. The highest BCUT2D eigenvalue weighted by Crippen LogP contribution is 2.47. The number of aryl methyl sites for hydroxylation is 1. The first-order valence-corrected chi connectivity index (χ1v) is 8.11. The number of hydrogen-bond donors (Lipinski definition) is 0.